The number of aromatic nitrogens is 1. The summed E-state index contributed by atoms with van der Waals surface area (Å²) < 4.78 is 5.78. The molecule has 0 saturated heterocycles. The lowest BCUT2D eigenvalue weighted by Crippen LogP contribution is -2.40. The molecule has 0 bridgehead atoms. The zero-order valence-electron chi connectivity index (χ0n) is 17.0. The molecule has 0 fully saturated rings. The smallest absolute Gasteiger partial charge is 0.337 e. The Balaban J connectivity index is 0.000000391. The minimum atomic E-state index is -1.01. The highest BCUT2D eigenvalue weighted by atomic mass is 16.5. The second-order valence-electron chi connectivity index (χ2n) is 6.92. The van der Waals surface area contributed by atoms with Crippen LogP contribution in [0.15, 0.2) is 72.9 Å². The number of nitrogens with zero attached hydrogens (tertiary/aromatic N) is 2. The average molecular weight is 416 g/mol. The van der Waals surface area contributed by atoms with Crippen LogP contribution in [0.25, 0.3) is 0 Å². The molecule has 2 heterocycles. The molecular formula is C24H24N4O3. The van der Waals surface area contributed by atoms with Crippen molar-refractivity contribution in [2.45, 2.75) is 12.5 Å². The number of carbonyl (C=O) groups is 1. The largest absolute Gasteiger partial charge is 0.478 e. The van der Waals surface area contributed by atoms with Gasteiger partial charge in [0.15, 0.2) is 0 Å². The van der Waals surface area contributed by atoms with E-state index in [0.29, 0.717) is 30.2 Å². The summed E-state index contributed by atoms with van der Waals surface area (Å²) in [5.41, 5.74) is 2.57. The number of carboxylic acids is 1. The fourth-order valence-electron chi connectivity index (χ4n) is 2.95. The minimum absolute atomic E-state index is 0.0726. The number of nitriles is 1. The summed E-state index contributed by atoms with van der Waals surface area (Å²) in [5.74, 6) is -0.584. The van der Waals surface area contributed by atoms with Crippen molar-refractivity contribution < 1.29 is 14.6 Å². The van der Waals surface area contributed by atoms with E-state index in [-0.39, 0.29) is 11.7 Å². The van der Waals surface area contributed by atoms with Crippen molar-refractivity contribution in [3.05, 3.63) is 89.6 Å². The Morgan fingerprint density at radius 3 is 2.48 bits per heavy atom. The second kappa shape index (κ2) is 11.3. The molecule has 0 amide bonds. The maximum atomic E-state index is 10.9. The summed E-state index contributed by atoms with van der Waals surface area (Å²) >= 11 is 0. The molecule has 0 saturated carbocycles. The predicted molar refractivity (Wildman–Crippen MR) is 118 cm³/mol. The molecule has 0 spiro atoms. The lowest BCUT2D eigenvalue weighted by atomic mass is 10.1. The van der Waals surface area contributed by atoms with Gasteiger partial charge in [0.05, 0.1) is 29.4 Å². The van der Waals surface area contributed by atoms with Gasteiger partial charge in [-0.25, -0.2) is 9.78 Å². The number of carboxylic acid groups (broad SMARTS) is 1. The highest BCUT2D eigenvalue weighted by Gasteiger charge is 2.21. The topological polar surface area (TPSA) is 107 Å². The monoisotopic (exact) mass is 416 g/mol. The molecular weight excluding hydrogens is 392 g/mol. The van der Waals surface area contributed by atoms with Crippen molar-refractivity contribution in [2.24, 2.45) is 0 Å². The van der Waals surface area contributed by atoms with E-state index >= 15 is 0 Å². The van der Waals surface area contributed by atoms with Gasteiger partial charge in [0.1, 0.15) is 6.10 Å². The van der Waals surface area contributed by atoms with Crippen LogP contribution in [-0.2, 0) is 6.42 Å². The summed E-state index contributed by atoms with van der Waals surface area (Å²) in [4.78, 5) is 15.0. The van der Waals surface area contributed by atoms with Crippen molar-refractivity contribution in [2.75, 3.05) is 25.0 Å². The average Bonchev–Trinajstić information content (AvgIpc) is 2.83. The summed E-state index contributed by atoms with van der Waals surface area (Å²) in [6, 6.07) is 23.2. The number of hydrogen-bond donors (Lipinski definition) is 3. The van der Waals surface area contributed by atoms with Crippen LogP contribution in [0.5, 0.6) is 5.88 Å². The van der Waals surface area contributed by atoms with E-state index in [0.717, 1.165) is 13.0 Å². The molecule has 0 aliphatic carbocycles. The number of fused-ring (bicyclic) bond motifs is 1. The van der Waals surface area contributed by atoms with Crippen molar-refractivity contribution in [1.29, 1.82) is 5.26 Å². The van der Waals surface area contributed by atoms with Gasteiger partial charge in [0, 0.05) is 12.7 Å². The van der Waals surface area contributed by atoms with E-state index in [1.165, 1.54) is 17.8 Å². The van der Waals surface area contributed by atoms with Crippen LogP contribution < -0.4 is 15.4 Å². The maximum Gasteiger partial charge on any atom is 0.337 e. The van der Waals surface area contributed by atoms with Crippen LogP contribution in [0, 0.1) is 11.3 Å². The zero-order chi connectivity index (χ0) is 21.9. The SMILES string of the molecule is N#Cc1ccc(CCNCC2CNc3cc(C(=O)O)cnc3O2)cc1.c1ccccc1. The fourth-order valence-corrected chi connectivity index (χ4v) is 2.95. The summed E-state index contributed by atoms with van der Waals surface area (Å²) in [7, 11) is 0. The lowest BCUT2D eigenvalue weighted by Gasteiger charge is -2.26. The molecule has 0 radical (unpaired) electrons. The Bertz CT molecular complexity index is 991. The molecule has 1 aromatic heterocycles. The Morgan fingerprint density at radius 2 is 1.87 bits per heavy atom. The number of rotatable bonds is 6. The third-order valence-corrected chi connectivity index (χ3v) is 4.61. The van der Waals surface area contributed by atoms with Crippen LogP contribution in [-0.4, -0.2) is 41.8 Å². The first-order valence-corrected chi connectivity index (χ1v) is 9.99. The van der Waals surface area contributed by atoms with Crippen LogP contribution in [0.2, 0.25) is 0 Å². The molecule has 1 unspecified atom stereocenters. The molecule has 31 heavy (non-hydrogen) atoms. The summed E-state index contributed by atoms with van der Waals surface area (Å²) in [5, 5.41) is 24.3. The molecule has 1 aliphatic rings. The van der Waals surface area contributed by atoms with Crippen LogP contribution in [0.3, 0.4) is 0 Å². The number of ether oxygens (including phenoxy) is 1. The standard InChI is InChI=1S/C18H18N4O3.C6H6/c19-8-13-3-1-12(2-4-13)5-6-20-10-15-11-21-16-7-14(18(23)24)9-22-17(16)25-15;1-2-4-6-5-3-1/h1-4,7,9,15,20-21H,5-6,10-11H2,(H,23,24);1-6H. The van der Waals surface area contributed by atoms with Crippen molar-refractivity contribution in [1.82, 2.24) is 10.3 Å². The van der Waals surface area contributed by atoms with E-state index < -0.39 is 5.97 Å². The second-order valence-corrected chi connectivity index (χ2v) is 6.92. The van der Waals surface area contributed by atoms with E-state index in [1.807, 2.05) is 60.7 Å². The molecule has 7 nitrogen and oxygen atoms in total. The van der Waals surface area contributed by atoms with Gasteiger partial charge < -0.3 is 20.5 Å². The zero-order valence-corrected chi connectivity index (χ0v) is 17.0. The fraction of sp³-hybridized carbons (Fsp3) is 0.208. The van der Waals surface area contributed by atoms with Gasteiger partial charge in [-0.3, -0.25) is 0 Å². The quantitative estimate of drug-likeness (QED) is 0.529. The van der Waals surface area contributed by atoms with Crippen LogP contribution in [0.4, 0.5) is 5.69 Å². The van der Waals surface area contributed by atoms with Crippen molar-refractivity contribution in [3.63, 3.8) is 0 Å². The highest BCUT2D eigenvalue weighted by Crippen LogP contribution is 2.27. The van der Waals surface area contributed by atoms with Gasteiger partial charge in [-0.2, -0.15) is 5.26 Å². The number of pyridine rings is 1. The van der Waals surface area contributed by atoms with Gasteiger partial charge in [-0.15, -0.1) is 0 Å². The van der Waals surface area contributed by atoms with Crippen LogP contribution >= 0.6 is 0 Å². The van der Waals surface area contributed by atoms with E-state index in [2.05, 4.69) is 21.7 Å². The van der Waals surface area contributed by atoms with E-state index in [4.69, 9.17) is 15.1 Å². The molecule has 3 N–H and O–H groups in total. The van der Waals surface area contributed by atoms with Gasteiger partial charge in [-0.1, -0.05) is 48.5 Å². The molecule has 7 heteroatoms. The van der Waals surface area contributed by atoms with Crippen LogP contribution in [0.1, 0.15) is 21.5 Å². The Labute approximate surface area is 181 Å². The van der Waals surface area contributed by atoms with Gasteiger partial charge in [0.25, 0.3) is 0 Å². The third kappa shape index (κ3) is 6.84. The molecule has 158 valence electrons. The molecule has 1 aliphatic heterocycles. The molecule has 4 rings (SSSR count). The van der Waals surface area contributed by atoms with Gasteiger partial charge >= 0.3 is 5.97 Å². The highest BCUT2D eigenvalue weighted by molar-refractivity contribution is 5.88. The number of anilines is 1. The lowest BCUT2D eigenvalue weighted by molar-refractivity contribution is 0.0696. The molecule has 3 aromatic rings. The summed E-state index contributed by atoms with van der Waals surface area (Å²) in [6.07, 6.45) is 2.09. The number of aromatic carboxylic acids is 1. The van der Waals surface area contributed by atoms with E-state index in [1.54, 1.807) is 0 Å². The van der Waals surface area contributed by atoms with Gasteiger partial charge in [-0.05, 0) is 36.7 Å². The maximum absolute atomic E-state index is 10.9. The first kappa shape index (κ1) is 21.8. The van der Waals surface area contributed by atoms with E-state index in [9.17, 15) is 4.79 Å². The predicted octanol–water partition coefficient (Wildman–Crippen LogP) is 3.34. The van der Waals surface area contributed by atoms with Crippen molar-refractivity contribution in [3.8, 4) is 11.9 Å². The minimum Gasteiger partial charge on any atom is -0.478 e. The van der Waals surface area contributed by atoms with Crippen molar-refractivity contribution >= 4 is 11.7 Å². The molecule has 2 aromatic carbocycles. The Morgan fingerprint density at radius 1 is 1.19 bits per heavy atom. The molecule has 1 atom stereocenters. The Kier molecular flexibility index (Phi) is 7.97. The number of nitrogens with one attached hydrogen (secondary N) is 2. The summed E-state index contributed by atoms with van der Waals surface area (Å²) in [6.45, 7) is 2.04. The Hall–Kier alpha value is -3.89. The normalized spacial score (nSPS) is 14.0. The third-order valence-electron chi connectivity index (χ3n) is 4.61. The first-order valence-electron chi connectivity index (χ1n) is 9.99. The first-order chi connectivity index (χ1) is 15.2. The number of benzene rings is 2. The number of hydrogen-bond acceptors (Lipinski definition) is 6. The van der Waals surface area contributed by atoms with Gasteiger partial charge in [0.2, 0.25) is 5.88 Å².